The minimum Gasteiger partial charge on any atom is -0.493 e. The third-order valence-electron chi connectivity index (χ3n) is 8.84. The van der Waals surface area contributed by atoms with Crippen LogP contribution in [0.3, 0.4) is 0 Å². The predicted octanol–water partition coefficient (Wildman–Crippen LogP) is 8.27. The van der Waals surface area contributed by atoms with Crippen molar-refractivity contribution in [1.82, 2.24) is 9.55 Å². The van der Waals surface area contributed by atoms with Gasteiger partial charge in [0, 0.05) is 51.7 Å². The van der Waals surface area contributed by atoms with Crippen molar-refractivity contribution < 1.29 is 14.3 Å². The van der Waals surface area contributed by atoms with Gasteiger partial charge in [0.25, 0.3) is 0 Å². The zero-order chi connectivity index (χ0) is 29.9. The van der Waals surface area contributed by atoms with Gasteiger partial charge in [-0.2, -0.15) is 0 Å². The van der Waals surface area contributed by atoms with E-state index >= 15 is 0 Å². The molecule has 2 aromatic heterocycles. The molecular weight excluding hydrogens is 522 g/mol. The number of cyclic esters (lactones) is 1. The summed E-state index contributed by atoms with van der Waals surface area (Å²) >= 11 is 0. The van der Waals surface area contributed by atoms with Gasteiger partial charge in [0.2, 0.25) is 5.60 Å². The number of pyridine rings is 1. The zero-order valence-electron chi connectivity index (χ0n) is 25.9. The van der Waals surface area contributed by atoms with Crippen LogP contribution in [-0.2, 0) is 29.7 Å². The first kappa shape index (κ1) is 29.7. The Morgan fingerprint density at radius 3 is 2.48 bits per heavy atom. The molecule has 3 heterocycles. The van der Waals surface area contributed by atoms with E-state index in [2.05, 4.69) is 62.6 Å². The molecule has 0 bridgehead atoms. The molecule has 1 aliphatic heterocycles. The summed E-state index contributed by atoms with van der Waals surface area (Å²) in [5, 5.41) is 1.06. The number of anilines is 1. The fraction of sp³-hybridized carbons (Fsp3) is 0.444. The molecule has 6 heteroatoms. The van der Waals surface area contributed by atoms with Crippen LogP contribution in [0.2, 0.25) is 0 Å². The van der Waals surface area contributed by atoms with Crippen molar-refractivity contribution >= 4 is 22.6 Å². The molecule has 4 aromatic rings. The highest BCUT2D eigenvalue weighted by Crippen LogP contribution is 2.54. The van der Waals surface area contributed by atoms with Gasteiger partial charge in [0.05, 0.1) is 12.2 Å². The number of hydrogen-bond donors (Lipinski definition) is 1. The molecule has 0 fully saturated rings. The number of fused-ring (bicyclic) bond motifs is 2. The van der Waals surface area contributed by atoms with Crippen molar-refractivity contribution in [2.75, 3.05) is 12.3 Å². The van der Waals surface area contributed by atoms with E-state index in [0.29, 0.717) is 30.0 Å². The SMILES string of the molecule is CCCCCCCCn1c(C)c(C2(c3cc(CC)c(N)c(CC)c3OCC)OC(=O)c3cccnc32)c2ccccc21. The standard InChI is InChI=1S/C36H45N3O3/c1-6-10-11-12-13-16-22-39-24(5)31(27-18-14-15-20-30(27)39)36(34-28(35(40)42-36)19-17-21-38-34)29-23-25(7-2)32(37)26(8-3)33(29)41-9-4/h14-15,17-21,23H,6-13,16,22,37H2,1-5H3. The molecule has 0 saturated heterocycles. The second-order valence-corrected chi connectivity index (χ2v) is 11.3. The maximum Gasteiger partial charge on any atom is 0.341 e. The van der Waals surface area contributed by atoms with Crippen molar-refractivity contribution in [2.45, 2.75) is 98.1 Å². The smallest absolute Gasteiger partial charge is 0.341 e. The Bertz CT molecular complexity index is 1590. The summed E-state index contributed by atoms with van der Waals surface area (Å²) in [4.78, 5) is 18.6. The molecule has 0 amide bonds. The number of esters is 1. The number of carbonyl (C=O) groups excluding carboxylic acids is 1. The second kappa shape index (κ2) is 12.6. The molecule has 1 aliphatic rings. The monoisotopic (exact) mass is 567 g/mol. The quantitative estimate of drug-likeness (QED) is 0.0999. The van der Waals surface area contributed by atoms with Gasteiger partial charge in [-0.3, -0.25) is 4.98 Å². The predicted molar refractivity (Wildman–Crippen MR) is 170 cm³/mol. The van der Waals surface area contributed by atoms with E-state index in [1.54, 1.807) is 12.3 Å². The third-order valence-corrected chi connectivity index (χ3v) is 8.84. The number of nitrogens with zero attached hydrogens (tertiary/aromatic N) is 2. The number of carbonyl (C=O) groups is 1. The second-order valence-electron chi connectivity index (χ2n) is 11.3. The van der Waals surface area contributed by atoms with E-state index in [4.69, 9.17) is 20.2 Å². The molecule has 2 N–H and O–H groups in total. The Labute approximate surface area is 250 Å². The van der Waals surface area contributed by atoms with Crippen LogP contribution in [0.1, 0.15) is 110 Å². The zero-order valence-corrected chi connectivity index (χ0v) is 25.9. The largest absolute Gasteiger partial charge is 0.493 e. The fourth-order valence-corrected chi connectivity index (χ4v) is 6.80. The molecule has 42 heavy (non-hydrogen) atoms. The maximum atomic E-state index is 13.7. The minimum absolute atomic E-state index is 0.374. The van der Waals surface area contributed by atoms with Crippen LogP contribution in [0.25, 0.3) is 10.9 Å². The van der Waals surface area contributed by atoms with Crippen LogP contribution in [-0.4, -0.2) is 22.1 Å². The summed E-state index contributed by atoms with van der Waals surface area (Å²) in [6.45, 7) is 11.9. The molecule has 0 spiro atoms. The summed E-state index contributed by atoms with van der Waals surface area (Å²) in [6.07, 6.45) is 10.5. The summed E-state index contributed by atoms with van der Waals surface area (Å²) in [5.41, 5.74) is 13.2. The van der Waals surface area contributed by atoms with E-state index in [1.165, 1.54) is 32.1 Å². The van der Waals surface area contributed by atoms with Crippen LogP contribution in [0.4, 0.5) is 5.69 Å². The first-order valence-corrected chi connectivity index (χ1v) is 15.8. The van der Waals surface area contributed by atoms with Gasteiger partial charge >= 0.3 is 5.97 Å². The summed E-state index contributed by atoms with van der Waals surface area (Å²) < 4.78 is 15.5. The van der Waals surface area contributed by atoms with Gasteiger partial charge in [-0.25, -0.2) is 4.79 Å². The first-order chi connectivity index (χ1) is 20.4. The van der Waals surface area contributed by atoms with E-state index in [1.807, 2.05) is 13.0 Å². The van der Waals surface area contributed by atoms with Gasteiger partial charge in [0.1, 0.15) is 11.4 Å². The van der Waals surface area contributed by atoms with Crippen molar-refractivity contribution in [2.24, 2.45) is 0 Å². The highest BCUT2D eigenvalue weighted by atomic mass is 16.6. The lowest BCUT2D eigenvalue weighted by Gasteiger charge is -2.33. The lowest BCUT2D eigenvalue weighted by atomic mass is 9.78. The minimum atomic E-state index is -1.28. The Balaban J connectivity index is 1.81. The molecule has 222 valence electrons. The Morgan fingerprint density at radius 2 is 1.74 bits per heavy atom. The Kier molecular flexibility index (Phi) is 8.91. The van der Waals surface area contributed by atoms with Crippen LogP contribution >= 0.6 is 0 Å². The first-order valence-electron chi connectivity index (χ1n) is 15.8. The number of ether oxygens (including phenoxy) is 2. The van der Waals surface area contributed by atoms with Crippen LogP contribution < -0.4 is 10.5 Å². The number of aryl methyl sites for hydroxylation is 2. The Morgan fingerprint density at radius 1 is 0.976 bits per heavy atom. The van der Waals surface area contributed by atoms with Gasteiger partial charge < -0.3 is 19.8 Å². The molecule has 0 aliphatic carbocycles. The molecule has 0 radical (unpaired) electrons. The molecular formula is C36H45N3O3. The van der Waals surface area contributed by atoms with E-state index in [9.17, 15) is 4.79 Å². The number of hydrogen-bond acceptors (Lipinski definition) is 5. The number of benzene rings is 2. The molecule has 0 saturated carbocycles. The van der Waals surface area contributed by atoms with E-state index < -0.39 is 5.60 Å². The fourth-order valence-electron chi connectivity index (χ4n) is 6.80. The summed E-state index contributed by atoms with van der Waals surface area (Å²) in [5.74, 6) is 0.314. The van der Waals surface area contributed by atoms with E-state index in [0.717, 1.165) is 63.9 Å². The van der Waals surface area contributed by atoms with Gasteiger partial charge in [-0.1, -0.05) is 71.1 Å². The average Bonchev–Trinajstić information content (AvgIpc) is 3.46. The van der Waals surface area contributed by atoms with Crippen LogP contribution in [0.5, 0.6) is 5.75 Å². The van der Waals surface area contributed by atoms with Gasteiger partial charge in [-0.05, 0) is 62.9 Å². The number of nitrogens with two attached hydrogens (primary N) is 1. The van der Waals surface area contributed by atoms with Crippen molar-refractivity contribution in [1.29, 1.82) is 0 Å². The number of nitrogen functional groups attached to an aromatic ring is 1. The third kappa shape index (κ3) is 4.85. The van der Waals surface area contributed by atoms with Gasteiger partial charge in [-0.15, -0.1) is 0 Å². The van der Waals surface area contributed by atoms with Gasteiger partial charge in [0.15, 0.2) is 0 Å². The number of rotatable bonds is 13. The average molecular weight is 568 g/mol. The molecule has 1 atom stereocenters. The lowest BCUT2D eigenvalue weighted by Crippen LogP contribution is -2.33. The topological polar surface area (TPSA) is 79.4 Å². The summed E-state index contributed by atoms with van der Waals surface area (Å²) in [7, 11) is 0. The Hall–Kier alpha value is -3.80. The normalized spacial score (nSPS) is 16.2. The molecule has 6 nitrogen and oxygen atoms in total. The highest BCUT2D eigenvalue weighted by Gasteiger charge is 2.54. The van der Waals surface area contributed by atoms with Crippen molar-refractivity contribution in [3.8, 4) is 5.75 Å². The number of para-hydroxylation sites is 1. The van der Waals surface area contributed by atoms with Crippen LogP contribution in [0.15, 0.2) is 48.7 Å². The maximum absolute atomic E-state index is 13.7. The van der Waals surface area contributed by atoms with Crippen LogP contribution in [0, 0.1) is 6.92 Å². The molecule has 2 aromatic carbocycles. The number of aromatic nitrogens is 2. The summed E-state index contributed by atoms with van der Waals surface area (Å²) in [6, 6.07) is 14.2. The highest BCUT2D eigenvalue weighted by molar-refractivity contribution is 5.98. The van der Waals surface area contributed by atoms with Crippen molar-refractivity contribution in [3.05, 3.63) is 87.9 Å². The molecule has 5 rings (SSSR count). The lowest BCUT2D eigenvalue weighted by molar-refractivity contribution is 0.0237. The number of unbranched alkanes of at least 4 members (excludes halogenated alkanes) is 5. The molecule has 1 unspecified atom stereocenters. The van der Waals surface area contributed by atoms with Crippen molar-refractivity contribution in [3.63, 3.8) is 0 Å². The van der Waals surface area contributed by atoms with E-state index in [-0.39, 0.29) is 5.97 Å².